The number of carbonyl (C=O) groups is 1. The summed E-state index contributed by atoms with van der Waals surface area (Å²) in [6, 6.07) is 10.2. The van der Waals surface area contributed by atoms with Crippen molar-refractivity contribution in [3.05, 3.63) is 59.4 Å². The molecule has 0 aromatic heterocycles. The highest BCUT2D eigenvalue weighted by Crippen LogP contribution is 2.30. The predicted octanol–water partition coefficient (Wildman–Crippen LogP) is 3.12. The number of rotatable bonds is 8. The fraction of sp³-hybridized carbons (Fsp3) is 0.381. The third-order valence-electron chi connectivity index (χ3n) is 4.78. The lowest BCUT2D eigenvalue weighted by molar-refractivity contribution is 0.0985. The molecule has 1 N–H and O–H groups in total. The smallest absolute Gasteiger partial charge is 0.258 e. The van der Waals surface area contributed by atoms with Crippen molar-refractivity contribution in [3.63, 3.8) is 0 Å². The summed E-state index contributed by atoms with van der Waals surface area (Å²) in [6.07, 6.45) is 2.01. The number of nitrogens with zero attached hydrogens (tertiary/aromatic N) is 1. The minimum absolute atomic E-state index is 0.184. The first kappa shape index (κ1) is 21.4. The molecule has 1 heterocycles. The standard InChI is InChI=1S/C21H25FN2O4S/c1-2-28-14-4-12-23-29(26,27)19-10-11-20-17(15-19)5-3-13-24(20)21(25)16-6-8-18(22)9-7-16/h6-11,15,23H,2-5,12-14H2,1H3. The molecule has 0 radical (unpaired) electrons. The second kappa shape index (κ2) is 9.47. The molecule has 29 heavy (non-hydrogen) atoms. The van der Waals surface area contributed by atoms with Gasteiger partial charge in [-0.25, -0.2) is 17.5 Å². The summed E-state index contributed by atoms with van der Waals surface area (Å²) in [5.41, 5.74) is 1.90. The number of halogens is 1. The molecule has 2 aromatic rings. The van der Waals surface area contributed by atoms with E-state index in [0.29, 0.717) is 50.4 Å². The number of anilines is 1. The minimum atomic E-state index is -3.63. The van der Waals surface area contributed by atoms with Crippen molar-refractivity contribution >= 4 is 21.6 Å². The second-order valence-electron chi connectivity index (χ2n) is 6.81. The van der Waals surface area contributed by atoms with Gasteiger partial charge in [0.05, 0.1) is 4.90 Å². The van der Waals surface area contributed by atoms with Crippen LogP contribution < -0.4 is 9.62 Å². The Morgan fingerprint density at radius 1 is 1.21 bits per heavy atom. The van der Waals surface area contributed by atoms with Gasteiger partial charge in [0.15, 0.2) is 0 Å². The lowest BCUT2D eigenvalue weighted by Crippen LogP contribution is -2.35. The average Bonchev–Trinajstić information content (AvgIpc) is 2.72. The van der Waals surface area contributed by atoms with Crippen LogP contribution in [0.2, 0.25) is 0 Å². The molecule has 156 valence electrons. The number of ether oxygens (including phenoxy) is 1. The van der Waals surface area contributed by atoms with Gasteiger partial charge in [-0.2, -0.15) is 0 Å². The highest BCUT2D eigenvalue weighted by Gasteiger charge is 2.25. The van der Waals surface area contributed by atoms with Gasteiger partial charge >= 0.3 is 0 Å². The first-order valence-corrected chi connectivity index (χ1v) is 11.2. The van der Waals surface area contributed by atoms with Crippen LogP contribution in [0.5, 0.6) is 0 Å². The highest BCUT2D eigenvalue weighted by molar-refractivity contribution is 7.89. The maximum Gasteiger partial charge on any atom is 0.258 e. The summed E-state index contributed by atoms with van der Waals surface area (Å²) in [7, 11) is -3.63. The molecule has 0 atom stereocenters. The lowest BCUT2D eigenvalue weighted by Gasteiger charge is -2.30. The number of hydrogen-bond donors (Lipinski definition) is 1. The fourth-order valence-electron chi connectivity index (χ4n) is 3.31. The average molecular weight is 421 g/mol. The van der Waals surface area contributed by atoms with Crippen LogP contribution in [-0.4, -0.2) is 40.6 Å². The summed E-state index contributed by atoms with van der Waals surface area (Å²) < 4.78 is 46.0. The zero-order valence-corrected chi connectivity index (χ0v) is 17.2. The molecule has 1 aliphatic heterocycles. The molecule has 0 saturated carbocycles. The second-order valence-corrected chi connectivity index (χ2v) is 8.57. The summed E-state index contributed by atoms with van der Waals surface area (Å²) in [6.45, 7) is 3.83. The van der Waals surface area contributed by atoms with E-state index in [2.05, 4.69) is 4.72 Å². The number of aryl methyl sites for hydroxylation is 1. The van der Waals surface area contributed by atoms with Gasteiger partial charge < -0.3 is 9.64 Å². The molecular formula is C21H25FN2O4S. The van der Waals surface area contributed by atoms with Crippen molar-refractivity contribution < 1.29 is 22.3 Å². The van der Waals surface area contributed by atoms with Crippen molar-refractivity contribution in [2.24, 2.45) is 0 Å². The van der Waals surface area contributed by atoms with Crippen molar-refractivity contribution in [3.8, 4) is 0 Å². The summed E-state index contributed by atoms with van der Waals surface area (Å²) in [4.78, 5) is 14.7. The number of benzene rings is 2. The zero-order valence-electron chi connectivity index (χ0n) is 16.4. The third-order valence-corrected chi connectivity index (χ3v) is 6.24. The van der Waals surface area contributed by atoms with Crippen LogP contribution in [0.25, 0.3) is 0 Å². The van der Waals surface area contributed by atoms with Gasteiger partial charge in [-0.15, -0.1) is 0 Å². The summed E-state index contributed by atoms with van der Waals surface area (Å²) in [5, 5.41) is 0. The van der Waals surface area contributed by atoms with E-state index in [1.807, 2.05) is 6.92 Å². The molecule has 6 nitrogen and oxygen atoms in total. The SMILES string of the molecule is CCOCCCNS(=O)(=O)c1ccc2c(c1)CCCN2C(=O)c1ccc(F)cc1. The van der Waals surface area contributed by atoms with E-state index in [0.717, 1.165) is 12.0 Å². The normalized spacial score (nSPS) is 13.9. The Balaban J connectivity index is 1.76. The Kier molecular flexibility index (Phi) is 7.00. The van der Waals surface area contributed by atoms with Crippen molar-refractivity contribution in [2.75, 3.05) is 31.2 Å². The maximum absolute atomic E-state index is 13.1. The van der Waals surface area contributed by atoms with Crippen LogP contribution in [0.3, 0.4) is 0 Å². The van der Waals surface area contributed by atoms with Crippen molar-refractivity contribution in [2.45, 2.75) is 31.1 Å². The molecule has 1 aliphatic rings. The molecule has 0 saturated heterocycles. The van der Waals surface area contributed by atoms with E-state index in [-0.39, 0.29) is 10.8 Å². The van der Waals surface area contributed by atoms with E-state index in [4.69, 9.17) is 4.74 Å². The van der Waals surface area contributed by atoms with E-state index in [1.54, 1.807) is 17.0 Å². The maximum atomic E-state index is 13.1. The van der Waals surface area contributed by atoms with Crippen molar-refractivity contribution in [1.29, 1.82) is 0 Å². The van der Waals surface area contributed by atoms with E-state index in [1.165, 1.54) is 30.3 Å². The molecule has 8 heteroatoms. The molecule has 3 rings (SSSR count). The van der Waals surface area contributed by atoms with Gasteiger partial charge in [0.1, 0.15) is 5.82 Å². The monoisotopic (exact) mass is 420 g/mol. The third kappa shape index (κ3) is 5.20. The van der Waals surface area contributed by atoms with Crippen LogP contribution in [0, 0.1) is 5.82 Å². The van der Waals surface area contributed by atoms with E-state index in [9.17, 15) is 17.6 Å². The Labute approximate surface area is 170 Å². The minimum Gasteiger partial charge on any atom is -0.382 e. The van der Waals surface area contributed by atoms with Gasteiger partial charge in [-0.05, 0) is 74.2 Å². The number of hydrogen-bond acceptors (Lipinski definition) is 4. The van der Waals surface area contributed by atoms with Crippen LogP contribution in [0.1, 0.15) is 35.7 Å². The molecular weight excluding hydrogens is 395 g/mol. The van der Waals surface area contributed by atoms with Gasteiger partial charge in [0, 0.05) is 37.6 Å². The predicted molar refractivity (Wildman–Crippen MR) is 109 cm³/mol. The Morgan fingerprint density at radius 2 is 1.97 bits per heavy atom. The first-order chi connectivity index (χ1) is 13.9. The number of fused-ring (bicyclic) bond motifs is 1. The fourth-order valence-corrected chi connectivity index (χ4v) is 4.43. The van der Waals surface area contributed by atoms with Crippen LogP contribution in [0.15, 0.2) is 47.4 Å². The molecule has 0 spiro atoms. The number of nitrogens with one attached hydrogen (secondary N) is 1. The molecule has 1 amide bonds. The van der Waals surface area contributed by atoms with Gasteiger partial charge in [0.2, 0.25) is 10.0 Å². The Hall–Kier alpha value is -2.29. The molecule has 0 unspecified atom stereocenters. The molecule has 0 fully saturated rings. The Bertz CT molecular complexity index is 961. The quantitative estimate of drug-likeness (QED) is 0.666. The topological polar surface area (TPSA) is 75.7 Å². The number of amides is 1. The largest absolute Gasteiger partial charge is 0.382 e. The summed E-state index contributed by atoms with van der Waals surface area (Å²) >= 11 is 0. The molecule has 2 aromatic carbocycles. The van der Waals surface area contributed by atoms with E-state index >= 15 is 0 Å². The Morgan fingerprint density at radius 3 is 2.69 bits per heavy atom. The zero-order chi connectivity index (χ0) is 20.9. The van der Waals surface area contributed by atoms with E-state index < -0.39 is 15.8 Å². The van der Waals surface area contributed by atoms with Crippen LogP contribution in [0.4, 0.5) is 10.1 Å². The van der Waals surface area contributed by atoms with Crippen LogP contribution >= 0.6 is 0 Å². The molecule has 0 bridgehead atoms. The van der Waals surface area contributed by atoms with Crippen LogP contribution in [-0.2, 0) is 21.2 Å². The number of carbonyl (C=O) groups excluding carboxylic acids is 1. The van der Waals surface area contributed by atoms with Gasteiger partial charge in [-0.1, -0.05) is 0 Å². The molecule has 0 aliphatic carbocycles. The van der Waals surface area contributed by atoms with Crippen molar-refractivity contribution in [1.82, 2.24) is 4.72 Å². The summed E-state index contributed by atoms with van der Waals surface area (Å²) in [5.74, 6) is -0.625. The highest BCUT2D eigenvalue weighted by atomic mass is 32.2. The number of sulfonamides is 1. The first-order valence-electron chi connectivity index (χ1n) is 9.70. The lowest BCUT2D eigenvalue weighted by atomic mass is 10.0. The van der Waals surface area contributed by atoms with Gasteiger partial charge in [-0.3, -0.25) is 4.79 Å². The van der Waals surface area contributed by atoms with Gasteiger partial charge in [0.25, 0.3) is 5.91 Å².